The van der Waals surface area contributed by atoms with Gasteiger partial charge in [-0.2, -0.15) is 4.98 Å². The van der Waals surface area contributed by atoms with Gasteiger partial charge >= 0.3 is 0 Å². The van der Waals surface area contributed by atoms with Gasteiger partial charge in [0.2, 0.25) is 0 Å². The molecule has 4 rings (SSSR count). The Labute approximate surface area is 143 Å². The number of pyridine rings is 1. The van der Waals surface area contributed by atoms with Crippen molar-refractivity contribution in [3.63, 3.8) is 0 Å². The third-order valence-electron chi connectivity index (χ3n) is 4.02. The molecule has 0 unspecified atom stereocenters. The summed E-state index contributed by atoms with van der Waals surface area (Å²) < 4.78 is 10.2. The van der Waals surface area contributed by atoms with Gasteiger partial charge in [0.15, 0.2) is 5.82 Å². The average Bonchev–Trinajstić information content (AvgIpc) is 3.36. The van der Waals surface area contributed by atoms with Crippen molar-refractivity contribution in [2.24, 2.45) is 0 Å². The third-order valence-corrected chi connectivity index (χ3v) is 4.90. The number of anilines is 1. The lowest BCUT2D eigenvalue weighted by molar-refractivity contribution is 0.174. The van der Waals surface area contributed by atoms with E-state index in [9.17, 15) is 0 Å². The molecule has 3 aromatic heterocycles. The van der Waals surface area contributed by atoms with Crippen molar-refractivity contribution in [2.75, 3.05) is 18.6 Å². The van der Waals surface area contributed by atoms with E-state index >= 15 is 0 Å². The first-order valence-electron chi connectivity index (χ1n) is 7.79. The van der Waals surface area contributed by atoms with E-state index in [1.165, 1.54) is 0 Å². The number of aromatic nitrogens is 4. The van der Waals surface area contributed by atoms with Crippen LogP contribution in [0.4, 0.5) is 5.82 Å². The summed E-state index contributed by atoms with van der Waals surface area (Å²) >= 11 is 1.70. The number of nitrogens with zero attached hydrogens (tertiary/aromatic N) is 5. The van der Waals surface area contributed by atoms with Crippen molar-refractivity contribution in [2.45, 2.75) is 25.5 Å². The second-order valence-electron chi connectivity index (χ2n) is 5.58. The van der Waals surface area contributed by atoms with Crippen LogP contribution in [0.5, 0.6) is 0 Å². The molecule has 0 spiro atoms. The van der Waals surface area contributed by atoms with Crippen LogP contribution in [0.25, 0.3) is 11.5 Å². The number of methoxy groups -OCH3 is 1. The monoisotopic (exact) mass is 343 g/mol. The largest absolute Gasteiger partial charge is 0.377 e. The Morgan fingerprint density at radius 1 is 1.38 bits per heavy atom. The Morgan fingerprint density at radius 3 is 3.08 bits per heavy atom. The standard InChI is InChI=1S/C16H17N5O2S/c1-22-10-13-19-15(23-20-13)11-4-5-14(18-9-11)21-7-2-3-12(21)16-17-6-8-24-16/h4-6,8-9,12H,2-3,7,10H2,1H3/t12-/m0/s1. The second-order valence-corrected chi connectivity index (χ2v) is 6.50. The molecule has 0 aromatic carbocycles. The topological polar surface area (TPSA) is 77.2 Å². The van der Waals surface area contributed by atoms with Gasteiger partial charge in [-0.05, 0) is 25.0 Å². The van der Waals surface area contributed by atoms with E-state index < -0.39 is 0 Å². The zero-order chi connectivity index (χ0) is 16.4. The normalized spacial score (nSPS) is 17.5. The van der Waals surface area contributed by atoms with Gasteiger partial charge in [-0.1, -0.05) is 5.16 Å². The van der Waals surface area contributed by atoms with Crippen LogP contribution in [0.1, 0.15) is 29.7 Å². The van der Waals surface area contributed by atoms with Crippen LogP contribution >= 0.6 is 11.3 Å². The molecule has 4 heterocycles. The first-order chi connectivity index (χ1) is 11.8. The van der Waals surface area contributed by atoms with Crippen LogP contribution < -0.4 is 4.90 Å². The van der Waals surface area contributed by atoms with Crippen molar-refractivity contribution in [1.29, 1.82) is 0 Å². The van der Waals surface area contributed by atoms with Gasteiger partial charge in [-0.25, -0.2) is 9.97 Å². The van der Waals surface area contributed by atoms with Crippen LogP contribution in [-0.2, 0) is 11.3 Å². The van der Waals surface area contributed by atoms with E-state index in [0.717, 1.165) is 35.8 Å². The second kappa shape index (κ2) is 6.66. The predicted molar refractivity (Wildman–Crippen MR) is 89.7 cm³/mol. The van der Waals surface area contributed by atoms with E-state index in [1.54, 1.807) is 24.6 Å². The van der Waals surface area contributed by atoms with Crippen LogP contribution in [-0.4, -0.2) is 33.8 Å². The fourth-order valence-corrected chi connectivity index (χ4v) is 3.72. The molecule has 1 fully saturated rings. The zero-order valence-electron chi connectivity index (χ0n) is 13.3. The molecule has 1 saturated heterocycles. The Balaban J connectivity index is 1.54. The summed E-state index contributed by atoms with van der Waals surface area (Å²) in [6, 6.07) is 4.28. The molecule has 0 radical (unpaired) electrons. The van der Waals surface area contributed by atoms with E-state index in [4.69, 9.17) is 9.26 Å². The molecular formula is C16H17N5O2S. The number of thiazole rings is 1. The Morgan fingerprint density at radius 2 is 2.33 bits per heavy atom. The van der Waals surface area contributed by atoms with Gasteiger partial charge in [0.1, 0.15) is 17.4 Å². The molecule has 0 aliphatic carbocycles. The number of hydrogen-bond donors (Lipinski definition) is 0. The summed E-state index contributed by atoms with van der Waals surface area (Å²) in [7, 11) is 1.60. The minimum absolute atomic E-state index is 0.320. The molecule has 0 bridgehead atoms. The molecule has 0 saturated carbocycles. The van der Waals surface area contributed by atoms with E-state index in [1.807, 2.05) is 23.7 Å². The van der Waals surface area contributed by atoms with Gasteiger partial charge in [0, 0.05) is 31.4 Å². The van der Waals surface area contributed by atoms with Crippen LogP contribution in [0.15, 0.2) is 34.4 Å². The summed E-state index contributed by atoms with van der Waals surface area (Å²) in [6.45, 7) is 1.33. The molecule has 7 nitrogen and oxygen atoms in total. The van der Waals surface area contributed by atoms with Crippen LogP contribution in [0, 0.1) is 0 Å². The maximum absolute atomic E-state index is 5.25. The van der Waals surface area contributed by atoms with E-state index in [-0.39, 0.29) is 0 Å². The highest BCUT2D eigenvalue weighted by molar-refractivity contribution is 7.09. The summed E-state index contributed by atoms with van der Waals surface area (Å²) in [5.74, 6) is 1.94. The highest BCUT2D eigenvalue weighted by Gasteiger charge is 2.28. The molecule has 0 amide bonds. The molecule has 1 aliphatic heterocycles. The molecule has 1 aliphatic rings. The zero-order valence-corrected chi connectivity index (χ0v) is 14.1. The van der Waals surface area contributed by atoms with Crippen LogP contribution in [0.2, 0.25) is 0 Å². The first-order valence-corrected chi connectivity index (χ1v) is 8.67. The van der Waals surface area contributed by atoms with Gasteiger partial charge in [-0.15, -0.1) is 11.3 Å². The Hall–Kier alpha value is -2.32. The van der Waals surface area contributed by atoms with Crippen molar-refractivity contribution in [3.8, 4) is 11.5 Å². The molecule has 24 heavy (non-hydrogen) atoms. The van der Waals surface area contributed by atoms with Crippen molar-refractivity contribution < 1.29 is 9.26 Å². The minimum atomic E-state index is 0.320. The minimum Gasteiger partial charge on any atom is -0.377 e. The lowest BCUT2D eigenvalue weighted by Gasteiger charge is -2.24. The molecule has 124 valence electrons. The summed E-state index contributed by atoms with van der Waals surface area (Å²) in [5.41, 5.74) is 0.804. The number of rotatable bonds is 5. The van der Waals surface area contributed by atoms with Gasteiger partial charge < -0.3 is 14.2 Å². The SMILES string of the molecule is COCc1noc(-c2ccc(N3CCC[C@H]3c3nccs3)nc2)n1. The summed E-state index contributed by atoms with van der Waals surface area (Å²) in [6.07, 6.45) is 5.90. The van der Waals surface area contributed by atoms with Crippen molar-refractivity contribution in [3.05, 3.63) is 40.7 Å². The van der Waals surface area contributed by atoms with Crippen molar-refractivity contribution in [1.82, 2.24) is 20.1 Å². The number of hydrogen-bond acceptors (Lipinski definition) is 8. The summed E-state index contributed by atoms with van der Waals surface area (Å²) in [4.78, 5) is 15.7. The highest BCUT2D eigenvalue weighted by atomic mass is 32.1. The van der Waals surface area contributed by atoms with Gasteiger partial charge in [-0.3, -0.25) is 0 Å². The first kappa shape index (κ1) is 15.2. The predicted octanol–water partition coefficient (Wildman–Crippen LogP) is 3.08. The molecule has 0 N–H and O–H groups in total. The molecular weight excluding hydrogens is 326 g/mol. The Bertz CT molecular complexity index is 787. The third kappa shape index (κ3) is 2.90. The molecule has 1 atom stereocenters. The molecule has 8 heteroatoms. The van der Waals surface area contributed by atoms with Crippen LogP contribution in [0.3, 0.4) is 0 Å². The van der Waals surface area contributed by atoms with E-state index in [2.05, 4.69) is 25.0 Å². The van der Waals surface area contributed by atoms with Crippen molar-refractivity contribution >= 4 is 17.2 Å². The highest BCUT2D eigenvalue weighted by Crippen LogP contribution is 2.36. The van der Waals surface area contributed by atoms with Gasteiger partial charge in [0.05, 0.1) is 11.6 Å². The average molecular weight is 343 g/mol. The fourth-order valence-electron chi connectivity index (χ4n) is 2.94. The fraction of sp³-hybridized carbons (Fsp3) is 0.375. The van der Waals surface area contributed by atoms with E-state index in [0.29, 0.717) is 24.4 Å². The lowest BCUT2D eigenvalue weighted by atomic mass is 10.2. The lowest BCUT2D eigenvalue weighted by Crippen LogP contribution is -2.23. The maximum atomic E-state index is 5.25. The van der Waals surface area contributed by atoms with Gasteiger partial charge in [0.25, 0.3) is 5.89 Å². The quantitative estimate of drug-likeness (QED) is 0.704. The number of ether oxygens (including phenoxy) is 1. The summed E-state index contributed by atoms with van der Waals surface area (Å²) in [5, 5.41) is 7.05. The maximum Gasteiger partial charge on any atom is 0.259 e. The Kier molecular flexibility index (Phi) is 4.22. The molecule has 3 aromatic rings. The smallest absolute Gasteiger partial charge is 0.259 e.